The van der Waals surface area contributed by atoms with Gasteiger partial charge in [-0.3, -0.25) is 0 Å². The second kappa shape index (κ2) is 5.01. The van der Waals surface area contributed by atoms with Crippen molar-refractivity contribution < 1.29 is 13.9 Å². The molecule has 1 aromatic heterocycles. The lowest BCUT2D eigenvalue weighted by atomic mass is 10.1. The molecule has 0 spiro atoms. The normalized spacial score (nSPS) is 10.4. The Kier molecular flexibility index (Phi) is 3.95. The van der Waals surface area contributed by atoms with E-state index in [1.165, 1.54) is 0 Å². The van der Waals surface area contributed by atoms with Crippen LogP contribution in [0.3, 0.4) is 0 Å². The summed E-state index contributed by atoms with van der Waals surface area (Å²) in [6.07, 6.45) is -2.74. The third-order valence-electron chi connectivity index (χ3n) is 1.85. The molecule has 0 fully saturated rings. The van der Waals surface area contributed by atoms with Gasteiger partial charge in [-0.15, -0.1) is 11.6 Å². The molecule has 0 aliphatic rings. The van der Waals surface area contributed by atoms with E-state index < -0.39 is 13.0 Å². The number of rotatable bonds is 3. The van der Waals surface area contributed by atoms with E-state index in [-0.39, 0.29) is 28.4 Å². The van der Waals surface area contributed by atoms with Crippen LogP contribution < -0.4 is 0 Å². The molecule has 0 aliphatic heterocycles. The minimum Gasteiger partial charge on any atom is -0.390 e. The van der Waals surface area contributed by atoms with Gasteiger partial charge in [0, 0.05) is 11.1 Å². The first-order valence-corrected chi connectivity index (χ1v) is 4.55. The highest BCUT2D eigenvalue weighted by Gasteiger charge is 2.18. The van der Waals surface area contributed by atoms with Crippen LogP contribution in [0.4, 0.5) is 8.78 Å². The van der Waals surface area contributed by atoms with Crippen LogP contribution in [0.1, 0.15) is 28.9 Å². The first-order chi connectivity index (χ1) is 7.13. The number of hydrogen-bond acceptors (Lipinski definition) is 3. The number of hydrogen-bond donors (Lipinski definition) is 1. The molecule has 0 radical (unpaired) electrons. The molecule has 80 valence electrons. The van der Waals surface area contributed by atoms with E-state index in [9.17, 15) is 8.78 Å². The zero-order valence-electron chi connectivity index (χ0n) is 7.54. The zero-order chi connectivity index (χ0) is 11.4. The van der Waals surface area contributed by atoms with Crippen LogP contribution in [0.2, 0.25) is 0 Å². The summed E-state index contributed by atoms with van der Waals surface area (Å²) in [7, 11) is 0. The van der Waals surface area contributed by atoms with E-state index >= 15 is 0 Å². The number of alkyl halides is 3. The molecular weight excluding hydrogens is 226 g/mol. The monoisotopic (exact) mass is 232 g/mol. The predicted octanol–water partition coefficient (Wildman–Crippen LogP) is 2.12. The molecule has 0 saturated heterocycles. The summed E-state index contributed by atoms with van der Waals surface area (Å²) in [6.45, 7) is -0.489. The topological polar surface area (TPSA) is 56.9 Å². The van der Waals surface area contributed by atoms with Crippen LogP contribution in [0, 0.1) is 11.3 Å². The molecule has 6 heteroatoms. The van der Waals surface area contributed by atoms with Gasteiger partial charge >= 0.3 is 0 Å². The quantitative estimate of drug-likeness (QED) is 0.812. The zero-order valence-corrected chi connectivity index (χ0v) is 8.30. The van der Waals surface area contributed by atoms with Gasteiger partial charge in [-0.05, 0) is 6.07 Å². The maximum absolute atomic E-state index is 12.6. The smallest absolute Gasteiger partial charge is 0.264 e. The summed E-state index contributed by atoms with van der Waals surface area (Å²) in [4.78, 5) is 3.69. The van der Waals surface area contributed by atoms with Crippen molar-refractivity contribution in [1.29, 1.82) is 5.26 Å². The fourth-order valence-electron chi connectivity index (χ4n) is 1.16. The van der Waals surface area contributed by atoms with Crippen molar-refractivity contribution in [2.24, 2.45) is 0 Å². The lowest BCUT2D eigenvalue weighted by Crippen LogP contribution is -2.03. The van der Waals surface area contributed by atoms with Gasteiger partial charge in [-0.25, -0.2) is 13.8 Å². The predicted molar refractivity (Wildman–Crippen MR) is 49.4 cm³/mol. The minimum absolute atomic E-state index is 0.0198. The molecule has 1 N–H and O–H groups in total. The fraction of sp³-hybridized carbons (Fsp3) is 0.333. The molecule has 0 unspecified atom stereocenters. The van der Waals surface area contributed by atoms with Crippen molar-refractivity contribution in [2.45, 2.75) is 18.9 Å². The van der Waals surface area contributed by atoms with Crippen molar-refractivity contribution in [3.8, 4) is 6.07 Å². The molecule has 1 aromatic rings. The van der Waals surface area contributed by atoms with Gasteiger partial charge in [-0.2, -0.15) is 5.26 Å². The molecule has 1 heterocycles. The molecule has 1 rings (SSSR count). The summed E-state index contributed by atoms with van der Waals surface area (Å²) in [6, 6.07) is 2.74. The first kappa shape index (κ1) is 11.8. The number of nitrogens with zero attached hydrogens (tertiary/aromatic N) is 2. The fourth-order valence-corrected chi connectivity index (χ4v) is 1.44. The molecule has 3 nitrogen and oxygen atoms in total. The van der Waals surface area contributed by atoms with Gasteiger partial charge in [0.1, 0.15) is 11.8 Å². The van der Waals surface area contributed by atoms with Crippen LogP contribution in [0.25, 0.3) is 0 Å². The Hall–Kier alpha value is -1.25. The Morgan fingerprint density at radius 1 is 1.60 bits per heavy atom. The Labute approximate surface area is 89.9 Å². The van der Waals surface area contributed by atoms with E-state index in [0.717, 1.165) is 6.07 Å². The lowest BCUT2D eigenvalue weighted by molar-refractivity contribution is 0.150. The third-order valence-corrected chi connectivity index (χ3v) is 2.12. The summed E-state index contributed by atoms with van der Waals surface area (Å²) >= 11 is 5.47. The summed E-state index contributed by atoms with van der Waals surface area (Å²) in [5, 5.41) is 17.5. The standard InChI is InChI=1S/C9H7ClF2N2O/c10-2-7-6(9(11)12)1-5(4-15)14-8(7)3-13/h1,9,15H,2,4H2. The maximum Gasteiger partial charge on any atom is 0.264 e. The summed E-state index contributed by atoms with van der Waals surface area (Å²) < 4.78 is 25.1. The van der Waals surface area contributed by atoms with Gasteiger partial charge in [-0.1, -0.05) is 0 Å². The summed E-state index contributed by atoms with van der Waals surface area (Å²) in [5.41, 5.74) is -0.450. The number of aliphatic hydroxyl groups excluding tert-OH is 1. The van der Waals surface area contributed by atoms with Gasteiger partial charge in [0.25, 0.3) is 6.43 Å². The van der Waals surface area contributed by atoms with Crippen LogP contribution >= 0.6 is 11.6 Å². The highest BCUT2D eigenvalue weighted by molar-refractivity contribution is 6.17. The van der Waals surface area contributed by atoms with E-state index in [1.807, 2.05) is 0 Å². The second-order valence-corrected chi connectivity index (χ2v) is 3.00. The van der Waals surface area contributed by atoms with Gasteiger partial charge in [0.15, 0.2) is 0 Å². The Bertz CT molecular complexity index is 404. The molecule has 15 heavy (non-hydrogen) atoms. The highest BCUT2D eigenvalue weighted by atomic mass is 35.5. The Balaban J connectivity index is 3.41. The van der Waals surface area contributed by atoms with E-state index in [2.05, 4.69) is 4.98 Å². The van der Waals surface area contributed by atoms with Crippen LogP contribution in [-0.2, 0) is 12.5 Å². The number of aliphatic hydroxyl groups is 1. The molecule has 0 aromatic carbocycles. The van der Waals surface area contributed by atoms with Crippen molar-refractivity contribution in [2.75, 3.05) is 0 Å². The van der Waals surface area contributed by atoms with Gasteiger partial charge in [0.05, 0.1) is 18.2 Å². The SMILES string of the molecule is N#Cc1nc(CO)cc(C(F)F)c1CCl. The molecule has 0 bridgehead atoms. The van der Waals surface area contributed by atoms with Crippen molar-refractivity contribution in [1.82, 2.24) is 4.98 Å². The van der Waals surface area contributed by atoms with E-state index in [1.54, 1.807) is 6.07 Å². The largest absolute Gasteiger partial charge is 0.390 e. The van der Waals surface area contributed by atoms with Crippen molar-refractivity contribution >= 4 is 11.6 Å². The Morgan fingerprint density at radius 3 is 2.67 bits per heavy atom. The number of nitriles is 1. The third kappa shape index (κ3) is 2.41. The van der Waals surface area contributed by atoms with Crippen LogP contribution in [-0.4, -0.2) is 10.1 Å². The lowest BCUT2D eigenvalue weighted by Gasteiger charge is -2.09. The van der Waals surface area contributed by atoms with Gasteiger partial charge in [0.2, 0.25) is 0 Å². The van der Waals surface area contributed by atoms with Crippen molar-refractivity contribution in [3.05, 3.63) is 28.6 Å². The number of halogens is 3. The van der Waals surface area contributed by atoms with E-state index in [4.69, 9.17) is 22.0 Å². The molecule has 0 aliphatic carbocycles. The van der Waals surface area contributed by atoms with Gasteiger partial charge < -0.3 is 5.11 Å². The second-order valence-electron chi connectivity index (χ2n) is 2.73. The molecule has 0 saturated carbocycles. The average Bonchev–Trinajstić information content (AvgIpc) is 2.26. The van der Waals surface area contributed by atoms with Crippen molar-refractivity contribution in [3.63, 3.8) is 0 Å². The highest BCUT2D eigenvalue weighted by Crippen LogP contribution is 2.26. The summed E-state index contributed by atoms with van der Waals surface area (Å²) in [5.74, 6) is -0.207. The molecular formula is C9H7ClF2N2O. The van der Waals surface area contributed by atoms with E-state index in [0.29, 0.717) is 0 Å². The molecule has 0 amide bonds. The number of pyridine rings is 1. The maximum atomic E-state index is 12.6. The number of aromatic nitrogens is 1. The first-order valence-electron chi connectivity index (χ1n) is 4.01. The average molecular weight is 233 g/mol. The Morgan fingerprint density at radius 2 is 2.27 bits per heavy atom. The minimum atomic E-state index is -2.74. The van der Waals surface area contributed by atoms with Crippen LogP contribution in [0.5, 0.6) is 0 Å². The van der Waals surface area contributed by atoms with Crippen LogP contribution in [0.15, 0.2) is 6.07 Å². The molecule has 0 atom stereocenters.